The van der Waals surface area contributed by atoms with Crippen molar-refractivity contribution in [2.45, 2.75) is 6.10 Å². The third kappa shape index (κ3) is 4.90. The molecule has 1 N–H and O–H groups in total. The standard InChI is InChI=1S/C21H20FN3O3S/c1-25(10-16-12-27-18-4-2-3-5-19(18)28-16)11-20(26)24-21-23-17(13-29-21)14-6-8-15(22)9-7-14/h2-9,13,16H,10-12H2,1H3,(H,23,24,26). The number of carbonyl (C=O) groups is 1. The molecule has 3 aromatic rings. The molecule has 150 valence electrons. The van der Waals surface area contributed by atoms with Crippen molar-refractivity contribution in [1.29, 1.82) is 0 Å². The average molecular weight is 413 g/mol. The summed E-state index contributed by atoms with van der Waals surface area (Å²) in [4.78, 5) is 18.6. The minimum absolute atomic E-state index is 0.146. The molecule has 0 fully saturated rings. The predicted octanol–water partition coefficient (Wildman–Crippen LogP) is 3.66. The number of fused-ring (bicyclic) bond motifs is 1. The van der Waals surface area contributed by atoms with Crippen molar-refractivity contribution in [1.82, 2.24) is 9.88 Å². The van der Waals surface area contributed by atoms with Gasteiger partial charge in [0.1, 0.15) is 18.5 Å². The van der Waals surface area contributed by atoms with Crippen LogP contribution in [-0.4, -0.2) is 48.6 Å². The smallest absolute Gasteiger partial charge is 0.240 e. The van der Waals surface area contributed by atoms with Gasteiger partial charge in [0.2, 0.25) is 5.91 Å². The molecule has 4 rings (SSSR count). The number of amides is 1. The topological polar surface area (TPSA) is 63.7 Å². The Labute approximate surface area is 171 Å². The lowest BCUT2D eigenvalue weighted by Gasteiger charge is -2.29. The Morgan fingerprint density at radius 3 is 2.79 bits per heavy atom. The second-order valence-electron chi connectivity index (χ2n) is 6.79. The molecule has 29 heavy (non-hydrogen) atoms. The summed E-state index contributed by atoms with van der Waals surface area (Å²) >= 11 is 1.33. The van der Waals surface area contributed by atoms with Crippen molar-refractivity contribution < 1.29 is 18.7 Å². The zero-order valence-electron chi connectivity index (χ0n) is 15.8. The van der Waals surface area contributed by atoms with E-state index in [-0.39, 0.29) is 24.4 Å². The van der Waals surface area contributed by atoms with Gasteiger partial charge in [0.15, 0.2) is 16.6 Å². The molecule has 0 saturated carbocycles. The normalized spacial score (nSPS) is 15.3. The van der Waals surface area contributed by atoms with Gasteiger partial charge in [-0.3, -0.25) is 9.69 Å². The van der Waals surface area contributed by atoms with E-state index in [0.29, 0.717) is 24.0 Å². The highest BCUT2D eigenvalue weighted by molar-refractivity contribution is 7.14. The third-order valence-electron chi connectivity index (χ3n) is 4.39. The Morgan fingerprint density at radius 2 is 2.00 bits per heavy atom. The zero-order valence-corrected chi connectivity index (χ0v) is 16.6. The molecule has 2 aromatic carbocycles. The number of rotatable bonds is 6. The van der Waals surface area contributed by atoms with Crippen LogP contribution in [0.25, 0.3) is 11.3 Å². The molecule has 1 aliphatic heterocycles. The van der Waals surface area contributed by atoms with E-state index in [1.165, 1.54) is 23.5 Å². The van der Waals surface area contributed by atoms with E-state index in [4.69, 9.17) is 9.47 Å². The van der Waals surface area contributed by atoms with Gasteiger partial charge in [-0.1, -0.05) is 12.1 Å². The summed E-state index contributed by atoms with van der Waals surface area (Å²) in [7, 11) is 1.86. The van der Waals surface area contributed by atoms with Crippen LogP contribution in [-0.2, 0) is 4.79 Å². The number of halogens is 1. The number of para-hydroxylation sites is 2. The zero-order chi connectivity index (χ0) is 20.2. The summed E-state index contributed by atoms with van der Waals surface area (Å²) in [6.45, 7) is 1.20. The number of carbonyl (C=O) groups excluding carboxylic acids is 1. The second kappa shape index (κ2) is 8.59. The first-order chi connectivity index (χ1) is 14.1. The molecule has 0 spiro atoms. The fourth-order valence-electron chi connectivity index (χ4n) is 3.05. The first-order valence-corrected chi connectivity index (χ1v) is 10.0. The minimum atomic E-state index is -0.295. The number of nitrogens with zero attached hydrogens (tertiary/aromatic N) is 2. The molecule has 6 nitrogen and oxygen atoms in total. The van der Waals surface area contributed by atoms with Gasteiger partial charge < -0.3 is 14.8 Å². The first-order valence-electron chi connectivity index (χ1n) is 9.15. The highest BCUT2D eigenvalue weighted by Crippen LogP contribution is 2.31. The van der Waals surface area contributed by atoms with Crippen molar-refractivity contribution >= 4 is 22.4 Å². The van der Waals surface area contributed by atoms with Gasteiger partial charge in [0.05, 0.1) is 12.2 Å². The fraction of sp³-hybridized carbons (Fsp3) is 0.238. The highest BCUT2D eigenvalue weighted by atomic mass is 32.1. The molecule has 8 heteroatoms. The van der Waals surface area contributed by atoms with Crippen LogP contribution in [0.1, 0.15) is 0 Å². The Morgan fingerprint density at radius 1 is 1.24 bits per heavy atom. The molecular formula is C21H20FN3O3S. The summed E-state index contributed by atoms with van der Waals surface area (Å²) in [5.74, 6) is 1.00. The fourth-order valence-corrected chi connectivity index (χ4v) is 3.79. The molecule has 0 aliphatic carbocycles. The van der Waals surface area contributed by atoms with E-state index in [2.05, 4.69) is 10.3 Å². The van der Waals surface area contributed by atoms with E-state index in [1.807, 2.05) is 41.6 Å². The molecule has 0 bridgehead atoms. The molecule has 1 amide bonds. The van der Waals surface area contributed by atoms with E-state index >= 15 is 0 Å². The average Bonchev–Trinajstić information content (AvgIpc) is 3.16. The van der Waals surface area contributed by atoms with E-state index < -0.39 is 0 Å². The SMILES string of the molecule is CN(CC(=O)Nc1nc(-c2ccc(F)cc2)cs1)CC1COc2ccccc2O1. The van der Waals surface area contributed by atoms with E-state index in [0.717, 1.165) is 17.1 Å². The van der Waals surface area contributed by atoms with Gasteiger partial charge in [-0.15, -0.1) is 11.3 Å². The van der Waals surface area contributed by atoms with Crippen molar-refractivity contribution in [3.8, 4) is 22.8 Å². The van der Waals surface area contributed by atoms with Gasteiger partial charge in [-0.05, 0) is 43.4 Å². The van der Waals surface area contributed by atoms with Crippen LogP contribution >= 0.6 is 11.3 Å². The van der Waals surface area contributed by atoms with Crippen LogP contribution in [0.4, 0.5) is 9.52 Å². The highest BCUT2D eigenvalue weighted by Gasteiger charge is 2.22. The predicted molar refractivity (Wildman–Crippen MR) is 110 cm³/mol. The molecule has 0 radical (unpaired) electrons. The van der Waals surface area contributed by atoms with Crippen molar-refractivity contribution in [2.75, 3.05) is 32.1 Å². The second-order valence-corrected chi connectivity index (χ2v) is 7.65. The quantitative estimate of drug-likeness (QED) is 0.668. The number of ether oxygens (including phenoxy) is 2. The number of hydrogen-bond acceptors (Lipinski definition) is 6. The largest absolute Gasteiger partial charge is 0.486 e. The van der Waals surface area contributed by atoms with Gasteiger partial charge in [-0.25, -0.2) is 9.37 Å². The Balaban J connectivity index is 1.28. The number of thiazole rings is 1. The first kappa shape index (κ1) is 19.4. The summed E-state index contributed by atoms with van der Waals surface area (Å²) in [6, 6.07) is 13.6. The van der Waals surface area contributed by atoms with E-state index in [9.17, 15) is 9.18 Å². The number of benzene rings is 2. The van der Waals surface area contributed by atoms with Gasteiger partial charge in [-0.2, -0.15) is 0 Å². The summed E-state index contributed by atoms with van der Waals surface area (Å²) < 4.78 is 24.7. The molecular weight excluding hydrogens is 393 g/mol. The lowest BCUT2D eigenvalue weighted by Crippen LogP contribution is -2.42. The number of aromatic nitrogens is 1. The van der Waals surface area contributed by atoms with Crippen LogP contribution in [0.5, 0.6) is 11.5 Å². The van der Waals surface area contributed by atoms with Gasteiger partial charge in [0.25, 0.3) is 0 Å². The molecule has 1 aliphatic rings. The van der Waals surface area contributed by atoms with E-state index in [1.54, 1.807) is 12.1 Å². The summed E-state index contributed by atoms with van der Waals surface area (Å²) in [5, 5.41) is 5.15. The minimum Gasteiger partial charge on any atom is -0.486 e. The number of hydrogen-bond donors (Lipinski definition) is 1. The third-order valence-corrected chi connectivity index (χ3v) is 5.14. The van der Waals surface area contributed by atoms with Gasteiger partial charge >= 0.3 is 0 Å². The Bertz CT molecular complexity index is 993. The van der Waals surface area contributed by atoms with Crippen LogP contribution in [0.2, 0.25) is 0 Å². The molecule has 1 aromatic heterocycles. The number of likely N-dealkylation sites (N-methyl/N-ethyl adjacent to an activating group) is 1. The molecule has 1 unspecified atom stereocenters. The van der Waals surface area contributed by atoms with Gasteiger partial charge in [0, 0.05) is 17.5 Å². The Kier molecular flexibility index (Phi) is 5.73. The lowest BCUT2D eigenvalue weighted by atomic mass is 10.2. The van der Waals surface area contributed by atoms with Crippen LogP contribution in [0, 0.1) is 5.82 Å². The molecule has 0 saturated heterocycles. The maximum Gasteiger partial charge on any atom is 0.240 e. The van der Waals surface area contributed by atoms with Crippen LogP contribution < -0.4 is 14.8 Å². The summed E-state index contributed by atoms with van der Waals surface area (Å²) in [5.41, 5.74) is 1.50. The lowest BCUT2D eigenvalue weighted by molar-refractivity contribution is -0.117. The monoisotopic (exact) mass is 413 g/mol. The maximum atomic E-state index is 13.0. The van der Waals surface area contributed by atoms with Crippen LogP contribution in [0.3, 0.4) is 0 Å². The molecule has 2 heterocycles. The maximum absolute atomic E-state index is 13.0. The summed E-state index contributed by atoms with van der Waals surface area (Å²) in [6.07, 6.45) is -0.146. The van der Waals surface area contributed by atoms with Crippen molar-refractivity contribution in [3.63, 3.8) is 0 Å². The Hall–Kier alpha value is -2.97. The number of anilines is 1. The van der Waals surface area contributed by atoms with Crippen molar-refractivity contribution in [2.24, 2.45) is 0 Å². The number of nitrogens with one attached hydrogen (secondary N) is 1. The van der Waals surface area contributed by atoms with Crippen LogP contribution in [0.15, 0.2) is 53.9 Å². The molecule has 1 atom stereocenters. The van der Waals surface area contributed by atoms with Crippen molar-refractivity contribution in [3.05, 3.63) is 59.7 Å².